The molecule has 1 aromatic carbocycles. The summed E-state index contributed by atoms with van der Waals surface area (Å²) in [4.78, 5) is 11.0. The van der Waals surface area contributed by atoms with Crippen molar-refractivity contribution in [3.8, 4) is 0 Å². The summed E-state index contributed by atoms with van der Waals surface area (Å²) in [5.41, 5.74) is -0.958. The summed E-state index contributed by atoms with van der Waals surface area (Å²) in [7, 11) is -3.97. The number of benzene rings is 1. The fourth-order valence-corrected chi connectivity index (χ4v) is 2.48. The van der Waals surface area contributed by atoms with E-state index in [9.17, 15) is 22.7 Å². The Morgan fingerprint density at radius 1 is 1.38 bits per heavy atom. The van der Waals surface area contributed by atoms with Crippen molar-refractivity contribution in [1.82, 2.24) is 0 Å². The molecular formula is C13H19FN2O4S. The number of anilines is 1. The Hall–Kier alpha value is -1.67. The van der Waals surface area contributed by atoms with Crippen LogP contribution in [0.4, 0.5) is 10.1 Å². The number of hydrogen-bond acceptors (Lipinski definition) is 4. The van der Waals surface area contributed by atoms with Crippen LogP contribution in [-0.4, -0.2) is 26.0 Å². The van der Waals surface area contributed by atoms with E-state index in [2.05, 4.69) is 5.32 Å². The fraction of sp³-hybridized carbons (Fsp3) is 0.462. The van der Waals surface area contributed by atoms with E-state index >= 15 is 0 Å². The Morgan fingerprint density at radius 2 is 1.95 bits per heavy atom. The third-order valence-corrected chi connectivity index (χ3v) is 4.60. The first-order valence-electron chi connectivity index (χ1n) is 6.46. The van der Waals surface area contributed by atoms with Crippen LogP contribution in [0.2, 0.25) is 0 Å². The van der Waals surface area contributed by atoms with E-state index in [0.717, 1.165) is 6.07 Å². The quantitative estimate of drug-likeness (QED) is 0.710. The summed E-state index contributed by atoms with van der Waals surface area (Å²) < 4.78 is 36.1. The van der Waals surface area contributed by atoms with Crippen LogP contribution in [0, 0.1) is 11.2 Å². The molecule has 8 heteroatoms. The van der Waals surface area contributed by atoms with Crippen molar-refractivity contribution in [1.29, 1.82) is 0 Å². The van der Waals surface area contributed by atoms with Crippen molar-refractivity contribution in [2.45, 2.75) is 31.6 Å². The number of sulfonamides is 1. The second kappa shape index (κ2) is 6.40. The highest BCUT2D eigenvalue weighted by Gasteiger charge is 2.34. The Bertz CT molecular complexity index is 627. The van der Waals surface area contributed by atoms with E-state index in [1.165, 1.54) is 12.1 Å². The van der Waals surface area contributed by atoms with Crippen molar-refractivity contribution < 1.29 is 22.7 Å². The van der Waals surface area contributed by atoms with Gasteiger partial charge in [0.15, 0.2) is 0 Å². The average Bonchev–Trinajstić information content (AvgIpc) is 2.40. The third-order valence-electron chi connectivity index (χ3n) is 3.69. The highest BCUT2D eigenvalue weighted by atomic mass is 32.2. The molecule has 0 fully saturated rings. The van der Waals surface area contributed by atoms with Crippen molar-refractivity contribution in [2.75, 3.05) is 11.9 Å². The van der Waals surface area contributed by atoms with Crippen LogP contribution in [0.3, 0.4) is 0 Å². The standard InChI is InChI=1S/C13H19FN2O4S/c1-3-13(4-2,12(17)18)8-16-11-6-5-9(7-10(11)14)21(15,19)20/h5-7,16H,3-4,8H2,1-2H3,(H,17,18)(H2,15,19,20). The summed E-state index contributed by atoms with van der Waals surface area (Å²) in [5.74, 6) is -1.76. The molecular weight excluding hydrogens is 299 g/mol. The molecule has 0 heterocycles. The molecule has 0 saturated carbocycles. The summed E-state index contributed by atoms with van der Waals surface area (Å²) in [6.07, 6.45) is 0.783. The van der Waals surface area contributed by atoms with Crippen LogP contribution in [0.25, 0.3) is 0 Å². The van der Waals surface area contributed by atoms with Crippen LogP contribution >= 0.6 is 0 Å². The van der Waals surface area contributed by atoms with Gasteiger partial charge in [-0.15, -0.1) is 0 Å². The van der Waals surface area contributed by atoms with Crippen molar-refractivity contribution in [3.63, 3.8) is 0 Å². The average molecular weight is 318 g/mol. The maximum Gasteiger partial charge on any atom is 0.311 e. The second-order valence-electron chi connectivity index (χ2n) is 4.83. The first kappa shape index (κ1) is 17.4. The number of nitrogens with two attached hydrogens (primary N) is 1. The third kappa shape index (κ3) is 3.92. The first-order valence-corrected chi connectivity index (χ1v) is 8.00. The number of nitrogens with one attached hydrogen (secondary N) is 1. The number of carbonyl (C=O) groups is 1. The summed E-state index contributed by atoms with van der Waals surface area (Å²) in [6.45, 7) is 3.54. The number of carboxylic acid groups (broad SMARTS) is 1. The number of aliphatic carboxylic acids is 1. The van der Waals surface area contributed by atoms with Gasteiger partial charge in [0.1, 0.15) is 5.82 Å². The van der Waals surface area contributed by atoms with Gasteiger partial charge in [0.2, 0.25) is 10.0 Å². The molecule has 0 aromatic heterocycles. The zero-order valence-electron chi connectivity index (χ0n) is 11.9. The molecule has 118 valence electrons. The zero-order chi connectivity index (χ0) is 16.3. The summed E-state index contributed by atoms with van der Waals surface area (Å²) in [5, 5.41) is 16.9. The van der Waals surface area contributed by atoms with Gasteiger partial charge in [-0.1, -0.05) is 13.8 Å². The highest BCUT2D eigenvalue weighted by Crippen LogP contribution is 2.28. The van der Waals surface area contributed by atoms with Crippen LogP contribution in [0.15, 0.2) is 23.1 Å². The van der Waals surface area contributed by atoms with Gasteiger partial charge < -0.3 is 10.4 Å². The molecule has 0 radical (unpaired) electrons. The van der Waals surface area contributed by atoms with E-state index in [1.807, 2.05) is 0 Å². The van der Waals surface area contributed by atoms with Crippen LogP contribution in [0.1, 0.15) is 26.7 Å². The molecule has 1 aromatic rings. The normalized spacial score (nSPS) is 12.2. The van der Waals surface area contributed by atoms with Crippen LogP contribution in [-0.2, 0) is 14.8 Å². The Balaban J connectivity index is 2.97. The summed E-state index contributed by atoms with van der Waals surface area (Å²) in [6, 6.07) is 3.20. The van der Waals surface area contributed by atoms with E-state index in [4.69, 9.17) is 5.14 Å². The Morgan fingerprint density at radius 3 is 2.33 bits per heavy atom. The van der Waals surface area contributed by atoms with Gasteiger partial charge in [-0.3, -0.25) is 4.79 Å². The zero-order valence-corrected chi connectivity index (χ0v) is 12.7. The number of rotatable bonds is 7. The van der Waals surface area contributed by atoms with Crippen molar-refractivity contribution >= 4 is 21.7 Å². The minimum Gasteiger partial charge on any atom is -0.481 e. The van der Waals surface area contributed by atoms with E-state index in [-0.39, 0.29) is 17.1 Å². The molecule has 6 nitrogen and oxygen atoms in total. The molecule has 0 bridgehead atoms. The fourth-order valence-electron chi connectivity index (χ4n) is 1.96. The molecule has 0 aliphatic rings. The molecule has 0 saturated heterocycles. The summed E-state index contributed by atoms with van der Waals surface area (Å²) >= 11 is 0. The van der Waals surface area contributed by atoms with Gasteiger partial charge in [0.25, 0.3) is 0 Å². The van der Waals surface area contributed by atoms with Gasteiger partial charge in [-0.25, -0.2) is 17.9 Å². The monoisotopic (exact) mass is 318 g/mol. The maximum absolute atomic E-state index is 13.8. The highest BCUT2D eigenvalue weighted by molar-refractivity contribution is 7.89. The SMILES string of the molecule is CCC(CC)(CNc1ccc(S(N)(=O)=O)cc1F)C(=O)O. The lowest BCUT2D eigenvalue weighted by molar-refractivity contribution is -0.148. The smallest absolute Gasteiger partial charge is 0.311 e. The first-order chi connectivity index (χ1) is 9.66. The van der Waals surface area contributed by atoms with E-state index < -0.39 is 27.2 Å². The van der Waals surface area contributed by atoms with Crippen molar-refractivity contribution in [2.24, 2.45) is 10.6 Å². The molecule has 0 aliphatic heterocycles. The molecule has 0 aliphatic carbocycles. The van der Waals surface area contributed by atoms with Crippen LogP contribution in [0.5, 0.6) is 0 Å². The molecule has 4 N–H and O–H groups in total. The number of halogens is 1. The van der Waals surface area contributed by atoms with Gasteiger partial charge in [0.05, 0.1) is 16.0 Å². The molecule has 0 unspecified atom stereocenters. The maximum atomic E-state index is 13.8. The van der Waals surface area contributed by atoms with Crippen LogP contribution < -0.4 is 10.5 Å². The molecule has 0 spiro atoms. The Labute approximate surface area is 123 Å². The minimum atomic E-state index is -3.97. The molecule has 21 heavy (non-hydrogen) atoms. The Kier molecular flexibility index (Phi) is 5.30. The van der Waals surface area contributed by atoms with Gasteiger partial charge in [0, 0.05) is 6.54 Å². The van der Waals surface area contributed by atoms with Gasteiger partial charge in [-0.2, -0.15) is 0 Å². The van der Waals surface area contributed by atoms with E-state index in [0.29, 0.717) is 12.8 Å². The van der Waals surface area contributed by atoms with E-state index in [1.54, 1.807) is 13.8 Å². The topological polar surface area (TPSA) is 109 Å². The molecule has 1 rings (SSSR count). The number of carboxylic acids is 1. The van der Waals surface area contributed by atoms with Crippen molar-refractivity contribution in [3.05, 3.63) is 24.0 Å². The lowest BCUT2D eigenvalue weighted by Crippen LogP contribution is -2.37. The lowest BCUT2D eigenvalue weighted by Gasteiger charge is -2.27. The predicted molar refractivity (Wildman–Crippen MR) is 76.9 cm³/mol. The number of primary sulfonamides is 1. The largest absolute Gasteiger partial charge is 0.481 e. The minimum absolute atomic E-state index is 0.0370. The molecule has 0 amide bonds. The second-order valence-corrected chi connectivity index (χ2v) is 6.39. The lowest BCUT2D eigenvalue weighted by atomic mass is 9.82. The predicted octanol–water partition coefficient (Wildman–Crippen LogP) is 1.78. The van der Waals surface area contributed by atoms with Gasteiger partial charge >= 0.3 is 5.97 Å². The molecule has 0 atom stereocenters. The van der Waals surface area contributed by atoms with Gasteiger partial charge in [-0.05, 0) is 31.0 Å². The number of hydrogen-bond donors (Lipinski definition) is 3.